The van der Waals surface area contributed by atoms with Crippen LogP contribution < -0.4 is 11.1 Å². The van der Waals surface area contributed by atoms with Crippen molar-refractivity contribution in [3.8, 4) is 5.75 Å². The smallest absolute Gasteiger partial charge is 0.320 e. The van der Waals surface area contributed by atoms with Gasteiger partial charge in [-0.2, -0.15) is 0 Å². The van der Waals surface area contributed by atoms with Crippen LogP contribution in [0.5, 0.6) is 5.75 Å². The lowest BCUT2D eigenvalue weighted by Crippen LogP contribution is -2.31. The summed E-state index contributed by atoms with van der Waals surface area (Å²) >= 11 is 0. The van der Waals surface area contributed by atoms with E-state index in [1.165, 1.54) is 0 Å². The van der Waals surface area contributed by atoms with Crippen molar-refractivity contribution in [2.45, 2.75) is 18.9 Å². The molecule has 5 N–H and O–H groups in total. The van der Waals surface area contributed by atoms with Gasteiger partial charge >= 0.3 is 5.97 Å². The Labute approximate surface area is 102 Å². The Kier molecular flexibility index (Phi) is 4.61. The number of aromatic hydroxyl groups is 1. The summed E-state index contributed by atoms with van der Waals surface area (Å²) in [4.78, 5) is 21.8. The van der Waals surface area contributed by atoms with E-state index in [9.17, 15) is 14.0 Å². The first-order valence-corrected chi connectivity index (χ1v) is 5.17. The number of anilines is 1. The number of halogens is 1. The Bertz CT molecular complexity index is 464. The van der Waals surface area contributed by atoms with Gasteiger partial charge in [0.1, 0.15) is 17.6 Å². The minimum absolute atomic E-state index is 0.0540. The molecule has 1 aromatic carbocycles. The zero-order chi connectivity index (χ0) is 13.7. The molecule has 1 unspecified atom stereocenters. The van der Waals surface area contributed by atoms with Gasteiger partial charge in [-0.3, -0.25) is 9.59 Å². The number of carbonyl (C=O) groups excluding carboxylic acids is 1. The van der Waals surface area contributed by atoms with Crippen molar-refractivity contribution in [2.24, 2.45) is 5.73 Å². The van der Waals surface area contributed by atoms with Gasteiger partial charge in [0.25, 0.3) is 0 Å². The van der Waals surface area contributed by atoms with Crippen LogP contribution in [0.15, 0.2) is 18.2 Å². The summed E-state index contributed by atoms with van der Waals surface area (Å²) in [6.07, 6.45) is -0.204. The molecule has 0 bridgehead atoms. The van der Waals surface area contributed by atoms with Crippen molar-refractivity contribution in [1.29, 1.82) is 0 Å². The van der Waals surface area contributed by atoms with Gasteiger partial charge in [-0.25, -0.2) is 4.39 Å². The van der Waals surface area contributed by atoms with Crippen LogP contribution in [0.25, 0.3) is 0 Å². The van der Waals surface area contributed by atoms with E-state index in [2.05, 4.69) is 5.32 Å². The van der Waals surface area contributed by atoms with Crippen molar-refractivity contribution in [3.05, 3.63) is 24.0 Å². The van der Waals surface area contributed by atoms with Gasteiger partial charge < -0.3 is 21.3 Å². The predicted molar refractivity (Wildman–Crippen MR) is 61.5 cm³/mol. The first-order valence-electron chi connectivity index (χ1n) is 5.17. The average Bonchev–Trinajstić information content (AvgIpc) is 2.30. The van der Waals surface area contributed by atoms with Gasteiger partial charge in [0.2, 0.25) is 5.91 Å². The zero-order valence-electron chi connectivity index (χ0n) is 9.39. The average molecular weight is 256 g/mol. The molecule has 6 nitrogen and oxygen atoms in total. The molecule has 0 radical (unpaired) electrons. The van der Waals surface area contributed by atoms with Crippen LogP contribution in [0.4, 0.5) is 10.1 Å². The Morgan fingerprint density at radius 3 is 2.72 bits per heavy atom. The second-order valence-electron chi connectivity index (χ2n) is 3.70. The van der Waals surface area contributed by atoms with Gasteiger partial charge in [0.05, 0.1) is 5.69 Å². The number of aliphatic carboxylic acids is 1. The van der Waals surface area contributed by atoms with Gasteiger partial charge in [-0.05, 0) is 18.6 Å². The van der Waals surface area contributed by atoms with Crippen LogP contribution in [0.2, 0.25) is 0 Å². The summed E-state index contributed by atoms with van der Waals surface area (Å²) < 4.78 is 13.2. The zero-order valence-corrected chi connectivity index (χ0v) is 9.39. The monoisotopic (exact) mass is 256 g/mol. The molecule has 1 atom stereocenters. The van der Waals surface area contributed by atoms with E-state index < -0.39 is 23.7 Å². The topological polar surface area (TPSA) is 113 Å². The Morgan fingerprint density at radius 2 is 2.11 bits per heavy atom. The summed E-state index contributed by atoms with van der Waals surface area (Å²) in [7, 11) is 0. The van der Waals surface area contributed by atoms with E-state index in [1.807, 2.05) is 0 Å². The maximum Gasteiger partial charge on any atom is 0.320 e. The van der Waals surface area contributed by atoms with Gasteiger partial charge in [-0.1, -0.05) is 0 Å². The highest BCUT2D eigenvalue weighted by Gasteiger charge is 2.14. The third-order valence-corrected chi connectivity index (χ3v) is 2.22. The summed E-state index contributed by atoms with van der Waals surface area (Å²) in [5.74, 6) is -2.65. The number of phenols is 1. The molecule has 1 rings (SSSR count). The third-order valence-electron chi connectivity index (χ3n) is 2.22. The van der Waals surface area contributed by atoms with Gasteiger partial charge in [-0.15, -0.1) is 0 Å². The van der Waals surface area contributed by atoms with Crippen LogP contribution in [0.3, 0.4) is 0 Å². The van der Waals surface area contributed by atoms with E-state index in [0.717, 1.165) is 18.2 Å². The number of rotatable bonds is 5. The van der Waals surface area contributed by atoms with Gasteiger partial charge in [0.15, 0.2) is 0 Å². The van der Waals surface area contributed by atoms with E-state index in [1.54, 1.807) is 0 Å². The first kappa shape index (κ1) is 13.9. The number of benzene rings is 1. The predicted octanol–water partition coefficient (Wildman–Crippen LogP) is 0.662. The lowest BCUT2D eigenvalue weighted by atomic mass is 10.1. The molecule has 18 heavy (non-hydrogen) atoms. The van der Waals surface area contributed by atoms with Crippen LogP contribution in [0.1, 0.15) is 12.8 Å². The number of amides is 1. The summed E-state index contributed by atoms with van der Waals surface area (Å²) in [5, 5.41) is 19.9. The largest absolute Gasteiger partial charge is 0.508 e. The van der Waals surface area contributed by atoms with E-state index >= 15 is 0 Å². The fourth-order valence-electron chi connectivity index (χ4n) is 1.23. The van der Waals surface area contributed by atoms with Gasteiger partial charge in [0, 0.05) is 12.5 Å². The van der Waals surface area contributed by atoms with E-state index in [4.69, 9.17) is 15.9 Å². The minimum atomic E-state index is -1.20. The molecule has 0 aromatic heterocycles. The molecule has 0 fully saturated rings. The Hall–Kier alpha value is -2.15. The molecule has 0 aliphatic rings. The standard InChI is InChI=1S/C11H13FN2O4/c12-7-2-1-6(15)5-9(7)14-10(16)4-3-8(13)11(17)18/h1-2,5,8,15H,3-4,13H2,(H,14,16)(H,17,18). The van der Waals surface area contributed by atoms with E-state index in [0.29, 0.717) is 0 Å². The van der Waals surface area contributed by atoms with Crippen molar-refractivity contribution in [1.82, 2.24) is 0 Å². The highest BCUT2D eigenvalue weighted by molar-refractivity contribution is 5.91. The molecular formula is C11H13FN2O4. The quantitative estimate of drug-likeness (QED) is 0.618. The molecule has 0 aliphatic heterocycles. The summed E-state index contributed by atoms with van der Waals surface area (Å²) in [6, 6.07) is 2.08. The van der Waals surface area contributed by atoms with Crippen molar-refractivity contribution in [3.63, 3.8) is 0 Å². The number of carboxylic acid groups (broad SMARTS) is 1. The molecular weight excluding hydrogens is 243 g/mol. The molecule has 1 aromatic rings. The first-order chi connectivity index (χ1) is 8.40. The van der Waals surface area contributed by atoms with Crippen molar-refractivity contribution in [2.75, 3.05) is 5.32 Å². The fraction of sp³-hybridized carbons (Fsp3) is 0.273. The molecule has 0 saturated heterocycles. The van der Waals surface area contributed by atoms with Crippen LogP contribution in [-0.2, 0) is 9.59 Å². The highest BCUT2D eigenvalue weighted by Crippen LogP contribution is 2.20. The van der Waals surface area contributed by atoms with E-state index in [-0.39, 0.29) is 24.3 Å². The SMILES string of the molecule is NC(CCC(=O)Nc1cc(O)ccc1F)C(=O)O. The lowest BCUT2D eigenvalue weighted by molar-refractivity contribution is -0.138. The molecule has 0 spiro atoms. The Balaban J connectivity index is 2.54. The lowest BCUT2D eigenvalue weighted by Gasteiger charge is -2.08. The summed E-state index contributed by atoms with van der Waals surface area (Å²) in [6.45, 7) is 0. The maximum atomic E-state index is 13.2. The number of hydrogen-bond donors (Lipinski definition) is 4. The molecule has 98 valence electrons. The minimum Gasteiger partial charge on any atom is -0.508 e. The fourth-order valence-corrected chi connectivity index (χ4v) is 1.23. The van der Waals surface area contributed by atoms with Crippen LogP contribution >= 0.6 is 0 Å². The second kappa shape index (κ2) is 5.97. The highest BCUT2D eigenvalue weighted by atomic mass is 19.1. The molecule has 0 saturated carbocycles. The maximum absolute atomic E-state index is 13.2. The summed E-state index contributed by atoms with van der Waals surface area (Å²) in [5.41, 5.74) is 5.06. The number of nitrogens with two attached hydrogens (primary N) is 1. The van der Waals surface area contributed by atoms with Crippen molar-refractivity contribution >= 4 is 17.6 Å². The number of carboxylic acids is 1. The number of nitrogens with one attached hydrogen (secondary N) is 1. The number of hydrogen-bond acceptors (Lipinski definition) is 4. The molecule has 0 aliphatic carbocycles. The second-order valence-corrected chi connectivity index (χ2v) is 3.70. The molecule has 1 amide bonds. The van der Waals surface area contributed by atoms with Crippen LogP contribution in [-0.4, -0.2) is 28.1 Å². The van der Waals surface area contributed by atoms with Crippen LogP contribution in [0, 0.1) is 5.82 Å². The molecule has 7 heteroatoms. The Morgan fingerprint density at radius 1 is 1.44 bits per heavy atom. The number of phenolic OH excluding ortho intramolecular Hbond substituents is 1. The normalized spacial score (nSPS) is 11.9. The molecule has 0 heterocycles. The van der Waals surface area contributed by atoms with Crippen molar-refractivity contribution < 1.29 is 24.2 Å². The third kappa shape index (κ3) is 4.02. The number of carbonyl (C=O) groups is 2.